The summed E-state index contributed by atoms with van der Waals surface area (Å²) in [5, 5.41) is 4.26. The zero-order valence-electron chi connectivity index (χ0n) is 14.3. The van der Waals surface area contributed by atoms with Crippen LogP contribution in [0.5, 0.6) is 5.75 Å². The lowest BCUT2D eigenvalue weighted by molar-refractivity contribution is 0.0800. The lowest BCUT2D eigenvalue weighted by Crippen LogP contribution is -2.49. The standard InChI is InChI=1S/C20H24ClN3O/c21-17-3-1-15(2-4-17)11-19-14-25-20-12-23-8-5-16(20)13-24(19)18-6-9-22-10-7-18/h1-5,8,12,18-19,22H,6-7,9-11,13-14H2/t19-/m0/s1. The van der Waals surface area contributed by atoms with Gasteiger partial charge in [-0.2, -0.15) is 0 Å². The van der Waals surface area contributed by atoms with Gasteiger partial charge >= 0.3 is 0 Å². The van der Waals surface area contributed by atoms with Gasteiger partial charge in [-0.3, -0.25) is 9.88 Å². The zero-order chi connectivity index (χ0) is 17.1. The van der Waals surface area contributed by atoms with Crippen LogP contribution in [0.3, 0.4) is 0 Å². The van der Waals surface area contributed by atoms with E-state index in [2.05, 4.69) is 33.4 Å². The molecule has 0 saturated carbocycles. The van der Waals surface area contributed by atoms with Gasteiger partial charge in [-0.25, -0.2) is 0 Å². The van der Waals surface area contributed by atoms with Gasteiger partial charge in [0, 0.05) is 35.4 Å². The first kappa shape index (κ1) is 16.8. The normalized spacial score (nSPS) is 22.0. The number of nitrogens with one attached hydrogen (secondary N) is 1. The van der Waals surface area contributed by atoms with Gasteiger partial charge in [-0.1, -0.05) is 23.7 Å². The minimum absolute atomic E-state index is 0.358. The summed E-state index contributed by atoms with van der Waals surface area (Å²) < 4.78 is 6.13. The van der Waals surface area contributed by atoms with Gasteiger partial charge in [0.05, 0.1) is 6.20 Å². The molecule has 0 aliphatic carbocycles. The molecular formula is C20H24ClN3O. The monoisotopic (exact) mass is 357 g/mol. The maximum Gasteiger partial charge on any atom is 0.142 e. The molecule has 1 atom stereocenters. The van der Waals surface area contributed by atoms with Crippen molar-refractivity contribution in [1.82, 2.24) is 15.2 Å². The van der Waals surface area contributed by atoms with E-state index < -0.39 is 0 Å². The number of aromatic nitrogens is 1. The zero-order valence-corrected chi connectivity index (χ0v) is 15.1. The van der Waals surface area contributed by atoms with E-state index in [9.17, 15) is 0 Å². The highest BCUT2D eigenvalue weighted by molar-refractivity contribution is 6.30. The fourth-order valence-corrected chi connectivity index (χ4v) is 4.04. The molecule has 0 amide bonds. The molecule has 0 unspecified atom stereocenters. The van der Waals surface area contributed by atoms with Crippen LogP contribution in [-0.4, -0.2) is 41.7 Å². The summed E-state index contributed by atoms with van der Waals surface area (Å²) in [5.41, 5.74) is 2.55. The molecule has 2 aromatic rings. The number of hydrogen-bond donors (Lipinski definition) is 1. The maximum atomic E-state index is 6.13. The molecule has 132 valence electrons. The van der Waals surface area contributed by atoms with E-state index in [0.29, 0.717) is 18.7 Å². The highest BCUT2D eigenvalue weighted by atomic mass is 35.5. The highest BCUT2D eigenvalue weighted by Crippen LogP contribution is 2.29. The number of piperidine rings is 1. The number of fused-ring (bicyclic) bond motifs is 1. The topological polar surface area (TPSA) is 37.4 Å². The molecule has 0 spiro atoms. The van der Waals surface area contributed by atoms with Crippen LogP contribution >= 0.6 is 11.6 Å². The molecule has 5 heteroatoms. The number of pyridine rings is 1. The maximum absolute atomic E-state index is 6.13. The number of nitrogens with zero attached hydrogens (tertiary/aromatic N) is 2. The summed E-state index contributed by atoms with van der Waals surface area (Å²) in [6.45, 7) is 3.82. The van der Waals surface area contributed by atoms with E-state index >= 15 is 0 Å². The molecule has 2 aliphatic rings. The first-order valence-corrected chi connectivity index (χ1v) is 9.44. The number of rotatable bonds is 3. The summed E-state index contributed by atoms with van der Waals surface area (Å²) in [4.78, 5) is 6.88. The van der Waals surface area contributed by atoms with E-state index in [1.54, 1.807) is 0 Å². The van der Waals surface area contributed by atoms with Gasteiger partial charge in [0.2, 0.25) is 0 Å². The average molecular weight is 358 g/mol. The van der Waals surface area contributed by atoms with E-state index in [4.69, 9.17) is 16.3 Å². The summed E-state index contributed by atoms with van der Waals surface area (Å²) in [6, 6.07) is 11.3. The molecule has 1 saturated heterocycles. The first-order chi connectivity index (χ1) is 12.3. The minimum atomic E-state index is 0.358. The second-order valence-corrected chi connectivity index (χ2v) is 7.37. The van der Waals surface area contributed by atoms with Crippen LogP contribution in [0.25, 0.3) is 0 Å². The Labute approximate surface area is 154 Å². The van der Waals surface area contributed by atoms with Crippen molar-refractivity contribution in [2.45, 2.75) is 37.9 Å². The molecule has 4 nitrogen and oxygen atoms in total. The average Bonchev–Trinajstić information content (AvgIpc) is 2.84. The van der Waals surface area contributed by atoms with E-state index in [1.807, 2.05) is 24.5 Å². The first-order valence-electron chi connectivity index (χ1n) is 9.06. The fourth-order valence-electron chi connectivity index (χ4n) is 3.91. The number of benzene rings is 1. The Morgan fingerprint density at radius 2 is 1.96 bits per heavy atom. The Morgan fingerprint density at radius 3 is 2.76 bits per heavy atom. The lowest BCUT2D eigenvalue weighted by Gasteiger charge is -2.38. The Bertz CT molecular complexity index is 700. The van der Waals surface area contributed by atoms with Gasteiger partial charge in [0.25, 0.3) is 0 Å². The third-order valence-electron chi connectivity index (χ3n) is 5.29. The van der Waals surface area contributed by atoms with Crippen LogP contribution in [0.15, 0.2) is 42.7 Å². The van der Waals surface area contributed by atoms with E-state index in [1.165, 1.54) is 24.0 Å². The van der Waals surface area contributed by atoms with Gasteiger partial charge < -0.3 is 10.1 Å². The quantitative estimate of drug-likeness (QED) is 0.914. The van der Waals surface area contributed by atoms with Crippen molar-refractivity contribution in [1.29, 1.82) is 0 Å². The van der Waals surface area contributed by atoms with Crippen molar-refractivity contribution < 1.29 is 4.74 Å². The fraction of sp³-hybridized carbons (Fsp3) is 0.450. The SMILES string of the molecule is Clc1ccc(C[C@H]2COc3cnccc3CN2C2CCNCC2)cc1. The predicted molar refractivity (Wildman–Crippen MR) is 100 cm³/mol. The summed E-state index contributed by atoms with van der Waals surface area (Å²) >= 11 is 6.04. The molecule has 1 N–H and O–H groups in total. The van der Waals surface area contributed by atoms with Crippen molar-refractivity contribution in [3.8, 4) is 5.75 Å². The lowest BCUT2D eigenvalue weighted by atomic mass is 9.98. The number of hydrogen-bond acceptors (Lipinski definition) is 4. The second-order valence-electron chi connectivity index (χ2n) is 6.93. The molecule has 1 fully saturated rings. The molecule has 0 bridgehead atoms. The molecular weight excluding hydrogens is 334 g/mol. The molecule has 0 radical (unpaired) electrons. The molecule has 2 aliphatic heterocycles. The van der Waals surface area contributed by atoms with Crippen molar-refractivity contribution in [3.63, 3.8) is 0 Å². The Morgan fingerprint density at radius 1 is 1.16 bits per heavy atom. The third kappa shape index (κ3) is 3.97. The second kappa shape index (κ2) is 7.73. The van der Waals surface area contributed by atoms with Crippen LogP contribution in [-0.2, 0) is 13.0 Å². The largest absolute Gasteiger partial charge is 0.490 e. The molecule has 1 aromatic heterocycles. The van der Waals surface area contributed by atoms with Gasteiger partial charge in [-0.15, -0.1) is 0 Å². The van der Waals surface area contributed by atoms with E-state index in [0.717, 1.165) is 36.8 Å². The Hall–Kier alpha value is -1.62. The smallest absolute Gasteiger partial charge is 0.142 e. The highest BCUT2D eigenvalue weighted by Gasteiger charge is 2.31. The Kier molecular flexibility index (Phi) is 5.20. The number of halogens is 1. The van der Waals surface area contributed by atoms with Gasteiger partial charge in [0.15, 0.2) is 0 Å². The van der Waals surface area contributed by atoms with Crippen molar-refractivity contribution in [2.75, 3.05) is 19.7 Å². The summed E-state index contributed by atoms with van der Waals surface area (Å²) in [5.74, 6) is 0.931. The van der Waals surface area contributed by atoms with Crippen LogP contribution in [0, 0.1) is 0 Å². The van der Waals surface area contributed by atoms with Crippen LogP contribution in [0.2, 0.25) is 5.02 Å². The van der Waals surface area contributed by atoms with Gasteiger partial charge in [-0.05, 0) is 56.1 Å². The summed E-state index contributed by atoms with van der Waals surface area (Å²) in [6.07, 6.45) is 7.07. The van der Waals surface area contributed by atoms with E-state index in [-0.39, 0.29) is 0 Å². The van der Waals surface area contributed by atoms with Crippen molar-refractivity contribution in [3.05, 3.63) is 58.9 Å². The van der Waals surface area contributed by atoms with Crippen LogP contribution in [0.1, 0.15) is 24.0 Å². The van der Waals surface area contributed by atoms with Crippen molar-refractivity contribution in [2.24, 2.45) is 0 Å². The van der Waals surface area contributed by atoms with Gasteiger partial charge in [0.1, 0.15) is 12.4 Å². The minimum Gasteiger partial charge on any atom is -0.490 e. The van der Waals surface area contributed by atoms with Crippen molar-refractivity contribution >= 4 is 11.6 Å². The van der Waals surface area contributed by atoms with Crippen LogP contribution in [0.4, 0.5) is 0 Å². The molecule has 25 heavy (non-hydrogen) atoms. The number of ether oxygens (including phenoxy) is 1. The summed E-state index contributed by atoms with van der Waals surface area (Å²) in [7, 11) is 0. The Balaban J connectivity index is 1.59. The third-order valence-corrected chi connectivity index (χ3v) is 5.54. The predicted octanol–water partition coefficient (Wildman–Crippen LogP) is 3.29. The molecule has 1 aromatic carbocycles. The molecule has 4 rings (SSSR count). The van der Waals surface area contributed by atoms with Crippen LogP contribution < -0.4 is 10.1 Å². The molecule has 3 heterocycles.